The lowest BCUT2D eigenvalue weighted by molar-refractivity contribution is -0.126. The predicted molar refractivity (Wildman–Crippen MR) is 148 cm³/mol. The van der Waals surface area contributed by atoms with Crippen molar-refractivity contribution < 1.29 is 23.0 Å². The average molecular weight is 577 g/mol. The number of hydrogen-bond acceptors (Lipinski definition) is 7. The first kappa shape index (κ1) is 27.6. The van der Waals surface area contributed by atoms with Crippen LogP contribution in [0.5, 0.6) is 0 Å². The molecule has 2 aliphatic rings. The molecule has 2 aromatic carbocycles. The summed E-state index contributed by atoms with van der Waals surface area (Å²) in [6.07, 6.45) is 1.29. The lowest BCUT2D eigenvalue weighted by Crippen LogP contribution is -2.49. The molecule has 0 unspecified atom stereocenters. The topological polar surface area (TPSA) is 76.9 Å². The molecular weight excluding hydrogens is 550 g/mol. The summed E-state index contributed by atoms with van der Waals surface area (Å²) in [5.74, 6) is -0.750. The van der Waals surface area contributed by atoms with Gasteiger partial charge in [-0.2, -0.15) is 4.98 Å². The average Bonchev–Trinajstić information content (AvgIpc) is 2.93. The van der Waals surface area contributed by atoms with E-state index in [2.05, 4.69) is 11.6 Å². The molecule has 1 aromatic heterocycles. The summed E-state index contributed by atoms with van der Waals surface area (Å²) in [4.78, 5) is 34.5. The molecule has 8 nitrogen and oxygen atoms in total. The number of rotatable bonds is 7. The number of methoxy groups -OCH3 is 1. The Bertz CT molecular complexity index is 1520. The van der Waals surface area contributed by atoms with E-state index in [1.165, 1.54) is 31.0 Å². The van der Waals surface area contributed by atoms with Crippen LogP contribution in [0.1, 0.15) is 11.6 Å². The molecule has 0 spiro atoms. The largest absolute Gasteiger partial charge is 0.359 e. The number of halogens is 3. The van der Waals surface area contributed by atoms with E-state index in [0.29, 0.717) is 53.7 Å². The van der Waals surface area contributed by atoms with Gasteiger partial charge in [0.1, 0.15) is 24.2 Å². The van der Waals surface area contributed by atoms with Crippen LogP contribution in [0.2, 0.25) is 5.02 Å². The third-order valence-corrected chi connectivity index (χ3v) is 8.51. The van der Waals surface area contributed by atoms with Crippen molar-refractivity contribution in [2.75, 3.05) is 57.3 Å². The van der Waals surface area contributed by atoms with E-state index in [1.807, 2.05) is 17.9 Å². The van der Waals surface area contributed by atoms with Crippen LogP contribution >= 0.6 is 23.4 Å². The number of piperazine rings is 1. The van der Waals surface area contributed by atoms with Crippen molar-refractivity contribution in [3.63, 3.8) is 0 Å². The van der Waals surface area contributed by atoms with Crippen molar-refractivity contribution in [1.29, 1.82) is 0 Å². The Morgan fingerprint density at radius 3 is 2.67 bits per heavy atom. The number of benzene rings is 2. The molecule has 0 bridgehead atoms. The number of aryl methyl sites for hydroxylation is 1. The normalized spacial score (nSPS) is 17.1. The van der Waals surface area contributed by atoms with Crippen molar-refractivity contribution >= 4 is 46.0 Å². The SMILES string of the molecule is C=CC(=O)N1CCN(c2nc(=O)n3c4c(c(-c5cc(Cl)c(F)cc5F)c(C)cc24)SC[C@@H]3COCOC)CC1. The highest BCUT2D eigenvalue weighted by molar-refractivity contribution is 7.99. The Kier molecular flexibility index (Phi) is 7.95. The first-order chi connectivity index (χ1) is 18.7. The lowest BCUT2D eigenvalue weighted by Gasteiger charge is -2.36. The highest BCUT2D eigenvalue weighted by Gasteiger charge is 2.32. The van der Waals surface area contributed by atoms with E-state index in [4.69, 9.17) is 21.1 Å². The molecule has 0 N–H and O–H groups in total. The maximum absolute atomic E-state index is 15.1. The van der Waals surface area contributed by atoms with Crippen LogP contribution in [0, 0.1) is 18.6 Å². The molecule has 0 radical (unpaired) electrons. The van der Waals surface area contributed by atoms with Crippen molar-refractivity contribution in [2.24, 2.45) is 0 Å². The fourth-order valence-electron chi connectivity index (χ4n) is 5.17. The van der Waals surface area contributed by atoms with E-state index in [-0.39, 0.29) is 35.9 Å². The standard InChI is InChI=1S/C27H27ClF2N4O4S/c1-4-22(35)32-5-7-33(8-6-32)26-18-9-15(2)23(17-10-19(28)21(30)11-20(17)29)25-24(18)34(27(36)31-26)16(13-39-25)12-38-14-37-3/h4,9-11,16H,1,5-8,12-14H2,2-3H3/t16-/m0/s1. The molecule has 0 aliphatic carbocycles. The molecule has 1 atom stereocenters. The van der Waals surface area contributed by atoms with Gasteiger partial charge in [-0.3, -0.25) is 9.36 Å². The number of ether oxygens (including phenoxy) is 2. The van der Waals surface area contributed by atoms with Crippen LogP contribution in [0.25, 0.3) is 22.0 Å². The van der Waals surface area contributed by atoms with Gasteiger partial charge in [0.2, 0.25) is 5.91 Å². The number of nitrogens with zero attached hydrogens (tertiary/aromatic N) is 4. The van der Waals surface area contributed by atoms with Crippen LogP contribution in [0.3, 0.4) is 0 Å². The number of anilines is 1. The molecule has 206 valence electrons. The smallest absolute Gasteiger partial charge is 0.350 e. The fourth-order valence-corrected chi connectivity index (χ4v) is 6.70. The minimum atomic E-state index is -0.842. The molecule has 5 rings (SSSR count). The first-order valence-electron chi connectivity index (χ1n) is 12.4. The van der Waals surface area contributed by atoms with Gasteiger partial charge in [0, 0.05) is 66.5 Å². The van der Waals surface area contributed by atoms with Crippen molar-refractivity contribution in [2.45, 2.75) is 17.9 Å². The minimum absolute atomic E-state index is 0.0730. The molecule has 2 aliphatic heterocycles. The van der Waals surface area contributed by atoms with Crippen LogP contribution in [0.15, 0.2) is 40.5 Å². The summed E-state index contributed by atoms with van der Waals surface area (Å²) in [7, 11) is 1.52. The number of aromatic nitrogens is 2. The molecule has 1 saturated heterocycles. The van der Waals surface area contributed by atoms with E-state index < -0.39 is 17.3 Å². The van der Waals surface area contributed by atoms with Gasteiger partial charge in [-0.05, 0) is 30.7 Å². The summed E-state index contributed by atoms with van der Waals surface area (Å²) in [5, 5.41) is 0.538. The Hall–Kier alpha value is -2.99. The fraction of sp³-hybridized carbons (Fsp3) is 0.370. The van der Waals surface area contributed by atoms with Gasteiger partial charge in [-0.1, -0.05) is 18.2 Å². The Labute approximate surface area is 233 Å². The Balaban J connectivity index is 1.71. The summed E-state index contributed by atoms with van der Waals surface area (Å²) >= 11 is 7.53. The molecule has 1 amide bonds. The van der Waals surface area contributed by atoms with Gasteiger partial charge in [0.05, 0.1) is 23.2 Å². The minimum Gasteiger partial charge on any atom is -0.359 e. The molecule has 0 saturated carbocycles. The highest BCUT2D eigenvalue weighted by atomic mass is 35.5. The van der Waals surface area contributed by atoms with Crippen LogP contribution in [-0.4, -0.2) is 72.8 Å². The van der Waals surface area contributed by atoms with Crippen LogP contribution < -0.4 is 10.6 Å². The second-order valence-electron chi connectivity index (χ2n) is 9.39. The second-order valence-corrected chi connectivity index (χ2v) is 10.8. The van der Waals surface area contributed by atoms with Gasteiger partial charge >= 0.3 is 5.69 Å². The monoisotopic (exact) mass is 576 g/mol. The maximum Gasteiger partial charge on any atom is 0.350 e. The third kappa shape index (κ3) is 5.04. The van der Waals surface area contributed by atoms with Crippen LogP contribution in [0.4, 0.5) is 14.6 Å². The Morgan fingerprint density at radius 1 is 1.23 bits per heavy atom. The van der Waals surface area contributed by atoms with Crippen LogP contribution in [-0.2, 0) is 14.3 Å². The zero-order chi connectivity index (χ0) is 27.8. The van der Waals surface area contributed by atoms with Gasteiger partial charge in [0.15, 0.2) is 0 Å². The van der Waals surface area contributed by atoms with Gasteiger partial charge < -0.3 is 19.3 Å². The summed E-state index contributed by atoms with van der Waals surface area (Å²) in [6, 6.07) is 3.60. The van der Waals surface area contributed by atoms with E-state index in [0.717, 1.165) is 17.0 Å². The molecule has 1 fully saturated rings. The molecule has 3 heterocycles. The van der Waals surface area contributed by atoms with Gasteiger partial charge in [-0.15, -0.1) is 11.8 Å². The van der Waals surface area contributed by atoms with E-state index >= 15 is 4.39 Å². The van der Waals surface area contributed by atoms with Gasteiger partial charge in [-0.25, -0.2) is 13.6 Å². The summed E-state index contributed by atoms with van der Waals surface area (Å²) < 4.78 is 41.3. The maximum atomic E-state index is 15.1. The molecule has 39 heavy (non-hydrogen) atoms. The number of hydrogen-bond donors (Lipinski definition) is 0. The summed E-state index contributed by atoms with van der Waals surface area (Å²) in [6.45, 7) is 7.58. The first-order valence-corrected chi connectivity index (χ1v) is 13.7. The number of carbonyl (C=O) groups excluding carboxylic acids is 1. The Morgan fingerprint density at radius 2 is 1.97 bits per heavy atom. The zero-order valence-corrected chi connectivity index (χ0v) is 23.1. The quantitative estimate of drug-likeness (QED) is 0.178. The third-order valence-electron chi connectivity index (χ3n) is 6.98. The summed E-state index contributed by atoms with van der Waals surface area (Å²) in [5.41, 5.74) is 1.59. The predicted octanol–water partition coefficient (Wildman–Crippen LogP) is 4.41. The molecular formula is C27H27ClF2N4O4S. The van der Waals surface area contributed by atoms with Crippen molar-refractivity contribution in [3.05, 3.63) is 63.6 Å². The van der Waals surface area contributed by atoms with E-state index in [9.17, 15) is 14.0 Å². The van der Waals surface area contributed by atoms with E-state index in [1.54, 1.807) is 9.47 Å². The number of amides is 1. The molecule has 3 aromatic rings. The van der Waals surface area contributed by atoms with Gasteiger partial charge in [0.25, 0.3) is 0 Å². The second kappa shape index (κ2) is 11.2. The zero-order valence-electron chi connectivity index (χ0n) is 21.5. The lowest BCUT2D eigenvalue weighted by atomic mass is 9.96. The number of thioether (sulfide) groups is 1. The number of carbonyl (C=O) groups is 1. The molecule has 12 heteroatoms. The van der Waals surface area contributed by atoms with Crippen molar-refractivity contribution in [1.82, 2.24) is 14.5 Å². The highest BCUT2D eigenvalue weighted by Crippen LogP contribution is 2.46. The van der Waals surface area contributed by atoms with Crippen molar-refractivity contribution in [3.8, 4) is 11.1 Å².